The van der Waals surface area contributed by atoms with Crippen molar-refractivity contribution in [3.8, 4) is 5.75 Å². The van der Waals surface area contributed by atoms with E-state index in [9.17, 15) is 9.59 Å². The Labute approximate surface area is 137 Å². The Morgan fingerprint density at radius 2 is 2.04 bits per heavy atom. The van der Waals surface area contributed by atoms with Crippen LogP contribution in [-0.4, -0.2) is 36.9 Å². The van der Waals surface area contributed by atoms with Crippen molar-refractivity contribution in [2.45, 2.75) is 26.2 Å². The lowest BCUT2D eigenvalue weighted by Crippen LogP contribution is -2.38. The van der Waals surface area contributed by atoms with Crippen molar-refractivity contribution in [1.29, 1.82) is 0 Å². The van der Waals surface area contributed by atoms with Crippen LogP contribution in [0.3, 0.4) is 0 Å². The van der Waals surface area contributed by atoms with Crippen LogP contribution in [0.2, 0.25) is 0 Å². The van der Waals surface area contributed by atoms with E-state index in [2.05, 4.69) is 17.5 Å². The van der Waals surface area contributed by atoms with Crippen molar-refractivity contribution < 1.29 is 14.3 Å². The third-order valence-corrected chi connectivity index (χ3v) is 3.99. The molecule has 1 aliphatic rings. The van der Waals surface area contributed by atoms with Crippen LogP contribution < -0.4 is 10.1 Å². The highest BCUT2D eigenvalue weighted by Crippen LogP contribution is 2.21. The van der Waals surface area contributed by atoms with Gasteiger partial charge in [0.2, 0.25) is 11.8 Å². The zero-order valence-corrected chi connectivity index (χ0v) is 13.7. The summed E-state index contributed by atoms with van der Waals surface area (Å²) in [6.45, 7) is 2.51. The van der Waals surface area contributed by atoms with E-state index in [1.807, 2.05) is 6.92 Å². The minimum Gasteiger partial charge on any atom is -0.497 e. The molecule has 1 aromatic rings. The minimum atomic E-state index is -0.188. The van der Waals surface area contributed by atoms with E-state index in [-0.39, 0.29) is 18.4 Å². The fourth-order valence-electron chi connectivity index (χ4n) is 2.64. The van der Waals surface area contributed by atoms with Gasteiger partial charge in [-0.2, -0.15) is 0 Å². The number of hydrogen-bond acceptors (Lipinski definition) is 3. The number of benzene rings is 1. The maximum Gasteiger partial charge on any atom is 0.243 e. The van der Waals surface area contributed by atoms with Crippen molar-refractivity contribution >= 4 is 17.5 Å². The largest absolute Gasteiger partial charge is 0.497 e. The van der Waals surface area contributed by atoms with Gasteiger partial charge in [-0.1, -0.05) is 12.2 Å². The molecule has 0 aliphatic heterocycles. The Morgan fingerprint density at radius 3 is 2.61 bits per heavy atom. The molecule has 0 spiro atoms. The molecule has 0 bridgehead atoms. The number of rotatable bonds is 7. The predicted octanol–water partition coefficient (Wildman–Crippen LogP) is 2.84. The number of nitrogens with zero attached hydrogens (tertiary/aromatic N) is 1. The van der Waals surface area contributed by atoms with Crippen LogP contribution in [0.15, 0.2) is 36.4 Å². The van der Waals surface area contributed by atoms with Gasteiger partial charge in [0, 0.05) is 18.7 Å². The summed E-state index contributed by atoms with van der Waals surface area (Å²) in [5, 5.41) is 2.80. The number of anilines is 1. The van der Waals surface area contributed by atoms with Gasteiger partial charge in [0.15, 0.2) is 0 Å². The average Bonchev–Trinajstić information content (AvgIpc) is 3.06. The molecule has 1 aromatic carbocycles. The highest BCUT2D eigenvalue weighted by Gasteiger charge is 2.20. The molecule has 0 radical (unpaired) electrons. The van der Waals surface area contributed by atoms with E-state index in [0.717, 1.165) is 18.6 Å². The quantitative estimate of drug-likeness (QED) is 0.787. The van der Waals surface area contributed by atoms with Gasteiger partial charge in [-0.15, -0.1) is 0 Å². The summed E-state index contributed by atoms with van der Waals surface area (Å²) < 4.78 is 5.08. The number of carbonyl (C=O) groups is 2. The molecule has 2 amide bonds. The molecule has 5 heteroatoms. The first-order valence-electron chi connectivity index (χ1n) is 8.00. The number of carbonyl (C=O) groups excluding carboxylic acids is 2. The van der Waals surface area contributed by atoms with Gasteiger partial charge in [0.25, 0.3) is 0 Å². The maximum atomic E-state index is 12.3. The first-order chi connectivity index (χ1) is 11.1. The van der Waals surface area contributed by atoms with Crippen molar-refractivity contribution in [2.24, 2.45) is 5.92 Å². The summed E-state index contributed by atoms with van der Waals surface area (Å²) in [4.78, 5) is 26.0. The molecule has 0 aromatic heterocycles. The van der Waals surface area contributed by atoms with Gasteiger partial charge in [-0.25, -0.2) is 0 Å². The molecule has 2 rings (SSSR count). The number of hydrogen-bond donors (Lipinski definition) is 1. The van der Waals surface area contributed by atoms with Crippen molar-refractivity contribution in [3.05, 3.63) is 36.4 Å². The molecule has 1 aliphatic carbocycles. The molecule has 0 fully saturated rings. The second-order valence-corrected chi connectivity index (χ2v) is 5.65. The summed E-state index contributed by atoms with van der Waals surface area (Å²) in [6, 6.07) is 7.12. The summed E-state index contributed by atoms with van der Waals surface area (Å²) in [5.41, 5.74) is 0.693. The van der Waals surface area contributed by atoms with Gasteiger partial charge in [0.05, 0.1) is 13.7 Å². The lowest BCUT2D eigenvalue weighted by atomic mass is 10.0. The van der Waals surface area contributed by atoms with Crippen molar-refractivity contribution in [3.63, 3.8) is 0 Å². The topological polar surface area (TPSA) is 58.6 Å². The molecule has 0 saturated carbocycles. The Balaban J connectivity index is 1.85. The van der Waals surface area contributed by atoms with E-state index in [1.54, 1.807) is 36.3 Å². The van der Waals surface area contributed by atoms with Crippen LogP contribution in [0.1, 0.15) is 26.2 Å². The summed E-state index contributed by atoms with van der Waals surface area (Å²) in [7, 11) is 1.60. The summed E-state index contributed by atoms with van der Waals surface area (Å²) in [5.74, 6) is 0.903. The number of amides is 2. The molecule has 5 nitrogen and oxygen atoms in total. The molecule has 1 atom stereocenters. The van der Waals surface area contributed by atoms with E-state index in [4.69, 9.17) is 4.74 Å². The Kier molecular flexibility index (Phi) is 6.20. The van der Waals surface area contributed by atoms with E-state index in [1.165, 1.54) is 0 Å². The zero-order chi connectivity index (χ0) is 16.7. The van der Waals surface area contributed by atoms with E-state index < -0.39 is 0 Å². The molecule has 23 heavy (non-hydrogen) atoms. The summed E-state index contributed by atoms with van der Waals surface area (Å²) in [6.07, 6.45) is 6.78. The maximum absolute atomic E-state index is 12.3. The summed E-state index contributed by atoms with van der Waals surface area (Å²) >= 11 is 0. The van der Waals surface area contributed by atoms with Gasteiger partial charge in [0.1, 0.15) is 5.75 Å². The highest BCUT2D eigenvalue weighted by molar-refractivity contribution is 5.94. The van der Waals surface area contributed by atoms with Crippen molar-refractivity contribution in [1.82, 2.24) is 4.90 Å². The van der Waals surface area contributed by atoms with Crippen LogP contribution in [0.25, 0.3) is 0 Å². The average molecular weight is 316 g/mol. The molecule has 0 saturated heterocycles. The predicted molar refractivity (Wildman–Crippen MR) is 90.4 cm³/mol. The number of allylic oxidation sites excluding steroid dienone is 2. The van der Waals surface area contributed by atoms with Crippen LogP contribution >= 0.6 is 0 Å². The third kappa shape index (κ3) is 5.13. The normalized spacial score (nSPS) is 16.2. The van der Waals surface area contributed by atoms with Gasteiger partial charge in [-0.3, -0.25) is 9.59 Å². The van der Waals surface area contributed by atoms with Crippen LogP contribution in [0, 0.1) is 5.92 Å². The highest BCUT2D eigenvalue weighted by atomic mass is 16.5. The number of nitrogens with one attached hydrogen (secondary N) is 1. The number of methoxy groups -OCH3 is 1. The molecule has 1 N–H and O–H groups in total. The van der Waals surface area contributed by atoms with E-state index >= 15 is 0 Å². The van der Waals surface area contributed by atoms with Crippen LogP contribution in [0.5, 0.6) is 5.75 Å². The molecular formula is C18H24N2O3. The number of ether oxygens (including phenoxy) is 1. The lowest BCUT2D eigenvalue weighted by molar-refractivity contribution is -0.135. The molecular weight excluding hydrogens is 292 g/mol. The SMILES string of the molecule is CCN(CC(=O)Nc1ccc(OC)cc1)C(=O)CC1C=CCC1. The molecule has 1 unspecified atom stereocenters. The standard InChI is InChI=1S/C18H24N2O3/c1-3-20(18(22)12-14-6-4-5-7-14)13-17(21)19-15-8-10-16(23-2)11-9-15/h4,6,8-11,14H,3,5,7,12-13H2,1-2H3,(H,19,21). The number of likely N-dealkylation sites (N-methyl/N-ethyl adjacent to an activating group) is 1. The van der Waals surface area contributed by atoms with Gasteiger partial charge in [-0.05, 0) is 49.9 Å². The fourth-order valence-corrected chi connectivity index (χ4v) is 2.64. The third-order valence-electron chi connectivity index (χ3n) is 3.99. The Hall–Kier alpha value is -2.30. The molecule has 0 heterocycles. The fraction of sp³-hybridized carbons (Fsp3) is 0.444. The smallest absolute Gasteiger partial charge is 0.243 e. The first-order valence-corrected chi connectivity index (χ1v) is 8.00. The Bertz CT molecular complexity index is 566. The zero-order valence-electron chi connectivity index (χ0n) is 13.7. The van der Waals surface area contributed by atoms with Crippen LogP contribution in [0.4, 0.5) is 5.69 Å². The minimum absolute atomic E-state index is 0.0360. The van der Waals surface area contributed by atoms with Gasteiger partial charge >= 0.3 is 0 Å². The van der Waals surface area contributed by atoms with Crippen LogP contribution in [-0.2, 0) is 9.59 Å². The Morgan fingerprint density at radius 1 is 1.30 bits per heavy atom. The van der Waals surface area contributed by atoms with E-state index in [0.29, 0.717) is 24.6 Å². The second kappa shape index (κ2) is 8.36. The first kappa shape index (κ1) is 17.1. The second-order valence-electron chi connectivity index (χ2n) is 5.65. The molecule has 124 valence electrons. The lowest BCUT2D eigenvalue weighted by Gasteiger charge is -2.21. The van der Waals surface area contributed by atoms with Crippen molar-refractivity contribution in [2.75, 3.05) is 25.5 Å². The monoisotopic (exact) mass is 316 g/mol. The van der Waals surface area contributed by atoms with Gasteiger partial charge < -0.3 is 15.0 Å².